The molecule has 1 aromatic carbocycles. The predicted octanol–water partition coefficient (Wildman–Crippen LogP) is 2.56. The summed E-state index contributed by atoms with van der Waals surface area (Å²) in [6.45, 7) is 3.18. The topological polar surface area (TPSA) is 85.5 Å². The van der Waals surface area contributed by atoms with Crippen LogP contribution < -0.4 is 5.73 Å². The maximum absolute atomic E-state index is 12.8. The van der Waals surface area contributed by atoms with Crippen LogP contribution in [-0.2, 0) is 22.6 Å². The van der Waals surface area contributed by atoms with E-state index in [1.54, 1.807) is 36.4 Å². The van der Waals surface area contributed by atoms with Crippen molar-refractivity contribution >= 4 is 24.3 Å². The fraction of sp³-hybridized carbons (Fsp3) is 0.316. The zero-order chi connectivity index (χ0) is 18.1. The van der Waals surface area contributed by atoms with Crippen molar-refractivity contribution in [2.45, 2.75) is 26.4 Å². The standard InChI is InChI=1S/C19H23N3O3.ClH/c1-2-25-18(23)9-11-22(14-16-4-3-10-21-13-16)19(24)17-7-5-15(12-20)6-8-17;/h3-8,10,13H,2,9,11-12,14,20H2,1H3;1H. The number of aromatic nitrogens is 1. The number of hydrogen-bond donors (Lipinski definition) is 1. The van der Waals surface area contributed by atoms with Crippen molar-refractivity contribution in [3.63, 3.8) is 0 Å². The molecule has 0 bridgehead atoms. The second kappa shape index (κ2) is 11.2. The Kier molecular flexibility index (Phi) is 9.33. The Hall–Kier alpha value is -2.44. The van der Waals surface area contributed by atoms with Gasteiger partial charge in [0, 0.05) is 37.6 Å². The fourth-order valence-corrected chi connectivity index (χ4v) is 2.39. The van der Waals surface area contributed by atoms with Gasteiger partial charge in [-0.15, -0.1) is 12.4 Å². The van der Waals surface area contributed by atoms with Gasteiger partial charge in [0.2, 0.25) is 0 Å². The third-order valence-electron chi connectivity index (χ3n) is 3.71. The quantitative estimate of drug-likeness (QED) is 0.714. The molecule has 0 aliphatic carbocycles. The number of amides is 1. The Morgan fingerprint density at radius 2 is 1.88 bits per heavy atom. The summed E-state index contributed by atoms with van der Waals surface area (Å²) in [4.78, 5) is 30.2. The number of carbonyl (C=O) groups is 2. The van der Waals surface area contributed by atoms with Gasteiger partial charge in [0.15, 0.2) is 0 Å². The van der Waals surface area contributed by atoms with Gasteiger partial charge in [0.05, 0.1) is 13.0 Å². The van der Waals surface area contributed by atoms with Gasteiger partial charge < -0.3 is 15.4 Å². The summed E-state index contributed by atoms with van der Waals surface area (Å²) in [7, 11) is 0. The molecule has 6 nitrogen and oxygen atoms in total. The Balaban J connectivity index is 0.00000338. The van der Waals surface area contributed by atoms with E-state index in [0.29, 0.717) is 25.3 Å². The summed E-state index contributed by atoms with van der Waals surface area (Å²) in [5.41, 5.74) is 8.02. The third kappa shape index (κ3) is 6.46. The van der Waals surface area contributed by atoms with Crippen LogP contribution in [0.25, 0.3) is 0 Å². The minimum atomic E-state index is -0.315. The first-order valence-corrected chi connectivity index (χ1v) is 8.26. The molecule has 0 aliphatic rings. The first-order chi connectivity index (χ1) is 12.1. The van der Waals surface area contributed by atoms with Crippen LogP contribution in [0.3, 0.4) is 0 Å². The van der Waals surface area contributed by atoms with E-state index in [4.69, 9.17) is 10.5 Å². The highest BCUT2D eigenvalue weighted by Crippen LogP contribution is 2.12. The predicted molar refractivity (Wildman–Crippen MR) is 102 cm³/mol. The maximum atomic E-state index is 12.8. The molecule has 140 valence electrons. The lowest BCUT2D eigenvalue weighted by atomic mass is 10.1. The molecule has 2 N–H and O–H groups in total. The molecule has 0 unspecified atom stereocenters. The van der Waals surface area contributed by atoms with Gasteiger partial charge in [-0.05, 0) is 36.2 Å². The van der Waals surface area contributed by atoms with Crippen LogP contribution in [0.5, 0.6) is 0 Å². The molecule has 1 amide bonds. The summed E-state index contributed by atoms with van der Waals surface area (Å²) in [6.07, 6.45) is 3.54. The van der Waals surface area contributed by atoms with Crippen molar-refractivity contribution in [1.82, 2.24) is 9.88 Å². The molecular formula is C19H24ClN3O3. The zero-order valence-electron chi connectivity index (χ0n) is 14.8. The fourth-order valence-electron chi connectivity index (χ4n) is 2.39. The molecule has 0 radical (unpaired) electrons. The van der Waals surface area contributed by atoms with Crippen molar-refractivity contribution < 1.29 is 14.3 Å². The van der Waals surface area contributed by atoms with Gasteiger partial charge in [0.25, 0.3) is 5.91 Å². The molecule has 0 saturated heterocycles. The molecule has 0 spiro atoms. The van der Waals surface area contributed by atoms with E-state index in [2.05, 4.69) is 4.98 Å². The lowest BCUT2D eigenvalue weighted by Crippen LogP contribution is -2.33. The van der Waals surface area contributed by atoms with Gasteiger partial charge in [-0.2, -0.15) is 0 Å². The van der Waals surface area contributed by atoms with Gasteiger partial charge in [-0.1, -0.05) is 18.2 Å². The number of rotatable bonds is 8. The number of esters is 1. The van der Waals surface area contributed by atoms with Crippen molar-refractivity contribution in [3.05, 3.63) is 65.5 Å². The molecule has 0 fully saturated rings. The number of nitrogens with zero attached hydrogens (tertiary/aromatic N) is 2. The lowest BCUT2D eigenvalue weighted by Gasteiger charge is -2.22. The number of carbonyl (C=O) groups excluding carboxylic acids is 2. The molecule has 2 rings (SSSR count). The number of nitrogens with two attached hydrogens (primary N) is 1. The first kappa shape index (κ1) is 21.6. The average Bonchev–Trinajstić information content (AvgIpc) is 2.65. The Bertz CT molecular complexity index is 693. The number of ether oxygens (including phenoxy) is 1. The van der Waals surface area contributed by atoms with E-state index in [9.17, 15) is 9.59 Å². The van der Waals surface area contributed by atoms with Crippen molar-refractivity contribution in [1.29, 1.82) is 0 Å². The highest BCUT2D eigenvalue weighted by Gasteiger charge is 2.18. The molecule has 2 aromatic rings. The Morgan fingerprint density at radius 1 is 1.15 bits per heavy atom. The summed E-state index contributed by atoms with van der Waals surface area (Å²) in [6, 6.07) is 10.9. The van der Waals surface area contributed by atoms with Crippen molar-refractivity contribution in [3.8, 4) is 0 Å². The van der Waals surface area contributed by atoms with Crippen molar-refractivity contribution in [2.24, 2.45) is 5.73 Å². The highest BCUT2D eigenvalue weighted by atomic mass is 35.5. The summed E-state index contributed by atoms with van der Waals surface area (Å²) in [5.74, 6) is -0.457. The van der Waals surface area contributed by atoms with Crippen molar-refractivity contribution in [2.75, 3.05) is 13.2 Å². The van der Waals surface area contributed by atoms with Crippen LogP contribution in [0, 0.1) is 0 Å². The van der Waals surface area contributed by atoms with Crippen LogP contribution in [0.1, 0.15) is 34.8 Å². The number of pyridine rings is 1. The molecule has 0 aliphatic heterocycles. The summed E-state index contributed by atoms with van der Waals surface area (Å²) in [5, 5.41) is 0. The van der Waals surface area contributed by atoms with E-state index in [0.717, 1.165) is 11.1 Å². The second-order valence-electron chi connectivity index (χ2n) is 5.54. The zero-order valence-corrected chi connectivity index (χ0v) is 15.6. The second-order valence-corrected chi connectivity index (χ2v) is 5.54. The minimum absolute atomic E-state index is 0. The van der Waals surface area contributed by atoms with E-state index >= 15 is 0 Å². The molecule has 26 heavy (non-hydrogen) atoms. The highest BCUT2D eigenvalue weighted by molar-refractivity contribution is 5.94. The Labute approximate surface area is 159 Å². The normalized spacial score (nSPS) is 9.92. The SMILES string of the molecule is CCOC(=O)CCN(Cc1cccnc1)C(=O)c1ccc(CN)cc1.Cl. The number of benzene rings is 1. The largest absolute Gasteiger partial charge is 0.466 e. The van der Waals surface area contributed by atoms with E-state index in [1.807, 2.05) is 24.3 Å². The third-order valence-corrected chi connectivity index (χ3v) is 3.71. The molecule has 7 heteroatoms. The van der Waals surface area contributed by atoms with Gasteiger partial charge in [0.1, 0.15) is 0 Å². The summed E-state index contributed by atoms with van der Waals surface area (Å²) < 4.78 is 4.96. The number of halogens is 1. The molecule has 1 aromatic heterocycles. The van der Waals surface area contributed by atoms with E-state index in [-0.39, 0.29) is 37.2 Å². The monoisotopic (exact) mass is 377 g/mol. The van der Waals surface area contributed by atoms with Gasteiger partial charge in [-0.25, -0.2) is 0 Å². The Morgan fingerprint density at radius 3 is 2.46 bits per heavy atom. The summed E-state index contributed by atoms with van der Waals surface area (Å²) >= 11 is 0. The lowest BCUT2D eigenvalue weighted by molar-refractivity contribution is -0.143. The number of hydrogen-bond acceptors (Lipinski definition) is 5. The first-order valence-electron chi connectivity index (χ1n) is 8.26. The van der Waals surface area contributed by atoms with Crippen LogP contribution in [0.4, 0.5) is 0 Å². The minimum Gasteiger partial charge on any atom is -0.466 e. The molecule has 0 saturated carbocycles. The maximum Gasteiger partial charge on any atom is 0.307 e. The molecule has 0 atom stereocenters. The average molecular weight is 378 g/mol. The van der Waals surface area contributed by atoms with E-state index in [1.165, 1.54) is 0 Å². The van der Waals surface area contributed by atoms with Crippen LogP contribution >= 0.6 is 12.4 Å². The molecular weight excluding hydrogens is 354 g/mol. The molecule has 1 heterocycles. The van der Waals surface area contributed by atoms with Crippen LogP contribution in [0.2, 0.25) is 0 Å². The smallest absolute Gasteiger partial charge is 0.307 e. The van der Waals surface area contributed by atoms with E-state index < -0.39 is 0 Å². The van der Waals surface area contributed by atoms with Gasteiger partial charge in [-0.3, -0.25) is 14.6 Å². The van der Waals surface area contributed by atoms with Crippen LogP contribution in [0.15, 0.2) is 48.8 Å². The van der Waals surface area contributed by atoms with Crippen LogP contribution in [-0.4, -0.2) is 34.9 Å². The van der Waals surface area contributed by atoms with Gasteiger partial charge >= 0.3 is 5.97 Å².